The molecule has 0 aliphatic carbocycles. The van der Waals surface area contributed by atoms with Crippen LogP contribution in [-0.2, 0) is 16.1 Å². The van der Waals surface area contributed by atoms with Gasteiger partial charge in [0, 0.05) is 25.6 Å². The number of hydrogen-bond donors (Lipinski definition) is 4. The first-order valence-corrected chi connectivity index (χ1v) is 7.16. The van der Waals surface area contributed by atoms with Crippen molar-refractivity contribution in [1.29, 1.82) is 0 Å². The number of carboxylic acids is 1. The maximum Gasteiger partial charge on any atom is 0.320 e. The molecule has 23 heavy (non-hydrogen) atoms. The van der Waals surface area contributed by atoms with Gasteiger partial charge in [-0.3, -0.25) is 9.59 Å². The lowest BCUT2D eigenvalue weighted by atomic mass is 10.1. The highest BCUT2D eigenvalue weighted by atomic mass is 16.5. The van der Waals surface area contributed by atoms with Crippen LogP contribution in [0.25, 0.3) is 0 Å². The third-order valence-electron chi connectivity index (χ3n) is 3.03. The van der Waals surface area contributed by atoms with Crippen LogP contribution in [0.4, 0.5) is 4.79 Å². The summed E-state index contributed by atoms with van der Waals surface area (Å²) in [5, 5.41) is 14.5. The largest absolute Gasteiger partial charge is 0.480 e. The first-order valence-electron chi connectivity index (χ1n) is 7.16. The van der Waals surface area contributed by atoms with E-state index in [0.29, 0.717) is 30.7 Å². The van der Waals surface area contributed by atoms with Crippen molar-refractivity contribution < 1.29 is 24.2 Å². The SMILES string of the molecule is CC(=O)Oc1ccccc1CNC(CCCNC(N)=O)C(=O)O. The summed E-state index contributed by atoms with van der Waals surface area (Å²) >= 11 is 0. The molecule has 5 N–H and O–H groups in total. The average molecular weight is 323 g/mol. The van der Waals surface area contributed by atoms with Gasteiger partial charge in [-0.25, -0.2) is 4.79 Å². The number of nitrogens with two attached hydrogens (primary N) is 1. The first-order chi connectivity index (χ1) is 10.9. The summed E-state index contributed by atoms with van der Waals surface area (Å²) in [6.07, 6.45) is 0.795. The Labute approximate surface area is 134 Å². The van der Waals surface area contributed by atoms with Gasteiger partial charge in [0.1, 0.15) is 11.8 Å². The number of carbonyl (C=O) groups is 3. The highest BCUT2D eigenvalue weighted by Gasteiger charge is 2.17. The number of primary amides is 1. The van der Waals surface area contributed by atoms with E-state index in [4.69, 9.17) is 10.5 Å². The van der Waals surface area contributed by atoms with E-state index in [9.17, 15) is 19.5 Å². The van der Waals surface area contributed by atoms with Crippen LogP contribution < -0.4 is 21.1 Å². The zero-order valence-corrected chi connectivity index (χ0v) is 12.9. The van der Waals surface area contributed by atoms with Crippen molar-refractivity contribution in [2.45, 2.75) is 32.4 Å². The number of rotatable bonds is 9. The zero-order valence-electron chi connectivity index (χ0n) is 12.9. The first kappa shape index (κ1) is 18.4. The third kappa shape index (κ3) is 7.28. The maximum atomic E-state index is 11.3. The Bertz CT molecular complexity index is 562. The predicted molar refractivity (Wildman–Crippen MR) is 82.8 cm³/mol. The number of benzene rings is 1. The topological polar surface area (TPSA) is 131 Å². The van der Waals surface area contributed by atoms with Gasteiger partial charge >= 0.3 is 18.0 Å². The lowest BCUT2D eigenvalue weighted by molar-refractivity contribution is -0.139. The van der Waals surface area contributed by atoms with Gasteiger partial charge in [-0.05, 0) is 18.9 Å². The summed E-state index contributed by atoms with van der Waals surface area (Å²) in [5.41, 5.74) is 5.62. The molecule has 8 heteroatoms. The minimum Gasteiger partial charge on any atom is -0.480 e. The fourth-order valence-corrected chi connectivity index (χ4v) is 1.97. The van der Waals surface area contributed by atoms with Gasteiger partial charge in [-0.2, -0.15) is 0 Å². The van der Waals surface area contributed by atoms with Crippen molar-refractivity contribution in [2.75, 3.05) is 6.54 Å². The number of carbonyl (C=O) groups excluding carboxylic acids is 2. The minimum atomic E-state index is -0.992. The summed E-state index contributed by atoms with van der Waals surface area (Å²) in [7, 11) is 0. The van der Waals surface area contributed by atoms with Crippen molar-refractivity contribution in [1.82, 2.24) is 10.6 Å². The molecular weight excluding hydrogens is 302 g/mol. The number of esters is 1. The molecule has 0 spiro atoms. The van der Waals surface area contributed by atoms with Crippen molar-refractivity contribution in [2.24, 2.45) is 5.73 Å². The van der Waals surface area contributed by atoms with Gasteiger partial charge in [-0.15, -0.1) is 0 Å². The minimum absolute atomic E-state index is 0.240. The van der Waals surface area contributed by atoms with Crippen molar-refractivity contribution in [3.05, 3.63) is 29.8 Å². The van der Waals surface area contributed by atoms with Gasteiger partial charge in [0.2, 0.25) is 0 Å². The predicted octanol–water partition coefficient (Wildman–Crippen LogP) is 0.603. The molecule has 2 amide bonds. The van der Waals surface area contributed by atoms with E-state index in [1.165, 1.54) is 6.92 Å². The van der Waals surface area contributed by atoms with E-state index in [1.807, 2.05) is 0 Å². The normalized spacial score (nSPS) is 11.5. The van der Waals surface area contributed by atoms with E-state index in [2.05, 4.69) is 10.6 Å². The molecule has 8 nitrogen and oxygen atoms in total. The molecule has 1 aromatic carbocycles. The van der Waals surface area contributed by atoms with E-state index in [1.54, 1.807) is 24.3 Å². The second-order valence-corrected chi connectivity index (χ2v) is 4.91. The Kier molecular flexibility index (Phi) is 7.55. The molecule has 0 bridgehead atoms. The molecule has 0 saturated carbocycles. The average Bonchev–Trinajstić information content (AvgIpc) is 2.46. The van der Waals surface area contributed by atoms with Crippen LogP contribution in [0.3, 0.4) is 0 Å². The van der Waals surface area contributed by atoms with E-state index < -0.39 is 24.0 Å². The molecule has 0 aromatic heterocycles. The summed E-state index contributed by atoms with van der Waals surface area (Å²) in [6.45, 7) is 1.85. The third-order valence-corrected chi connectivity index (χ3v) is 3.03. The van der Waals surface area contributed by atoms with Crippen LogP contribution >= 0.6 is 0 Å². The van der Waals surface area contributed by atoms with Crippen molar-refractivity contribution in [3.8, 4) is 5.75 Å². The number of hydrogen-bond acceptors (Lipinski definition) is 5. The molecule has 0 aliphatic heterocycles. The second-order valence-electron chi connectivity index (χ2n) is 4.91. The molecule has 1 atom stereocenters. The highest BCUT2D eigenvalue weighted by molar-refractivity contribution is 5.73. The van der Waals surface area contributed by atoms with Crippen LogP contribution in [0.2, 0.25) is 0 Å². The van der Waals surface area contributed by atoms with Gasteiger partial charge in [0.15, 0.2) is 0 Å². The van der Waals surface area contributed by atoms with Crippen LogP contribution in [0, 0.1) is 0 Å². The summed E-state index contributed by atoms with van der Waals surface area (Å²) in [5.74, 6) is -1.04. The number of para-hydroxylation sites is 1. The lowest BCUT2D eigenvalue weighted by Crippen LogP contribution is -2.37. The zero-order chi connectivity index (χ0) is 17.2. The van der Waals surface area contributed by atoms with Crippen LogP contribution in [0.15, 0.2) is 24.3 Å². The Morgan fingerprint density at radius 2 is 2.00 bits per heavy atom. The number of carboxylic acid groups (broad SMARTS) is 1. The monoisotopic (exact) mass is 323 g/mol. The summed E-state index contributed by atoms with van der Waals surface area (Å²) < 4.78 is 5.08. The Morgan fingerprint density at radius 1 is 1.30 bits per heavy atom. The van der Waals surface area contributed by atoms with E-state index in [0.717, 1.165) is 0 Å². The number of ether oxygens (including phenoxy) is 1. The van der Waals surface area contributed by atoms with Crippen molar-refractivity contribution in [3.63, 3.8) is 0 Å². The lowest BCUT2D eigenvalue weighted by Gasteiger charge is -2.16. The van der Waals surface area contributed by atoms with Crippen LogP contribution in [0.1, 0.15) is 25.3 Å². The molecule has 126 valence electrons. The van der Waals surface area contributed by atoms with Crippen LogP contribution in [-0.4, -0.2) is 35.7 Å². The molecule has 1 aromatic rings. The molecule has 1 unspecified atom stereocenters. The molecule has 0 heterocycles. The molecule has 1 rings (SSSR count). The summed E-state index contributed by atoms with van der Waals surface area (Å²) in [6, 6.07) is 5.47. The quantitative estimate of drug-likeness (QED) is 0.299. The van der Waals surface area contributed by atoms with E-state index in [-0.39, 0.29) is 6.54 Å². The highest BCUT2D eigenvalue weighted by Crippen LogP contribution is 2.18. The summed E-state index contributed by atoms with van der Waals surface area (Å²) in [4.78, 5) is 32.9. The van der Waals surface area contributed by atoms with Crippen molar-refractivity contribution >= 4 is 18.0 Å². The fraction of sp³-hybridized carbons (Fsp3) is 0.400. The number of nitrogens with one attached hydrogen (secondary N) is 2. The van der Waals surface area contributed by atoms with Crippen LogP contribution in [0.5, 0.6) is 5.75 Å². The molecular formula is C15H21N3O5. The second kappa shape index (κ2) is 9.42. The molecule has 0 saturated heterocycles. The van der Waals surface area contributed by atoms with Gasteiger partial charge in [0.25, 0.3) is 0 Å². The Morgan fingerprint density at radius 3 is 2.61 bits per heavy atom. The molecule has 0 fully saturated rings. The molecule has 0 aliphatic rings. The molecule has 0 radical (unpaired) electrons. The smallest absolute Gasteiger partial charge is 0.320 e. The number of urea groups is 1. The Balaban J connectivity index is 2.56. The fourth-order valence-electron chi connectivity index (χ4n) is 1.97. The van der Waals surface area contributed by atoms with Gasteiger partial charge < -0.3 is 26.2 Å². The van der Waals surface area contributed by atoms with Gasteiger partial charge in [0.05, 0.1) is 0 Å². The van der Waals surface area contributed by atoms with E-state index >= 15 is 0 Å². The Hall–Kier alpha value is -2.61. The number of aliphatic carboxylic acids is 1. The number of amides is 2. The maximum absolute atomic E-state index is 11.3. The van der Waals surface area contributed by atoms with Gasteiger partial charge in [-0.1, -0.05) is 18.2 Å². The standard InChI is InChI=1S/C15H21N3O5/c1-10(19)23-13-7-3-2-5-11(13)9-18-12(14(20)21)6-4-8-17-15(16)22/h2-3,5,7,12,18H,4,6,8-9H2,1H3,(H,20,21)(H3,16,17,22).